The molecule has 0 radical (unpaired) electrons. The average Bonchev–Trinajstić information content (AvgIpc) is 2.46. The average molecular weight is 264 g/mol. The number of amides is 1. The summed E-state index contributed by atoms with van der Waals surface area (Å²) in [5.41, 5.74) is 6.05. The van der Waals surface area contributed by atoms with Gasteiger partial charge < -0.3 is 10.6 Å². The monoisotopic (exact) mass is 264 g/mol. The Labute approximate surface area is 113 Å². The van der Waals surface area contributed by atoms with E-state index in [1.807, 2.05) is 0 Å². The molecule has 4 heteroatoms. The topological polar surface area (TPSA) is 46.3 Å². The van der Waals surface area contributed by atoms with Gasteiger partial charge >= 0.3 is 0 Å². The summed E-state index contributed by atoms with van der Waals surface area (Å²) in [6, 6.07) is 6.83. The highest BCUT2D eigenvalue weighted by Crippen LogP contribution is 2.24. The van der Waals surface area contributed by atoms with Crippen molar-refractivity contribution in [1.82, 2.24) is 4.90 Å². The molecule has 19 heavy (non-hydrogen) atoms. The Morgan fingerprint density at radius 1 is 1.26 bits per heavy atom. The molecule has 0 aliphatic heterocycles. The largest absolute Gasteiger partial charge is 0.334 e. The van der Waals surface area contributed by atoms with Gasteiger partial charge in [0.2, 0.25) is 5.91 Å². The molecule has 1 aliphatic rings. The summed E-state index contributed by atoms with van der Waals surface area (Å²) < 4.78 is 13.7. The van der Waals surface area contributed by atoms with E-state index in [1.54, 1.807) is 23.1 Å². The predicted molar refractivity (Wildman–Crippen MR) is 72.9 cm³/mol. The van der Waals surface area contributed by atoms with Crippen LogP contribution in [0.4, 0.5) is 4.39 Å². The maximum atomic E-state index is 13.7. The van der Waals surface area contributed by atoms with Gasteiger partial charge in [0.05, 0.1) is 6.54 Å². The number of hydrogen-bond donors (Lipinski definition) is 1. The normalized spacial score (nSPS) is 16.3. The van der Waals surface area contributed by atoms with Gasteiger partial charge in [-0.2, -0.15) is 0 Å². The molecule has 104 valence electrons. The third-order valence-corrected chi connectivity index (χ3v) is 3.81. The lowest BCUT2D eigenvalue weighted by Crippen LogP contribution is -2.44. The van der Waals surface area contributed by atoms with Crippen molar-refractivity contribution in [2.45, 2.75) is 44.7 Å². The molecule has 3 nitrogen and oxygen atoms in total. The highest BCUT2D eigenvalue weighted by Gasteiger charge is 2.25. The molecular weight excluding hydrogens is 243 g/mol. The first-order valence-electron chi connectivity index (χ1n) is 6.95. The van der Waals surface area contributed by atoms with E-state index < -0.39 is 0 Å². The molecule has 0 bridgehead atoms. The Morgan fingerprint density at radius 3 is 2.58 bits per heavy atom. The highest BCUT2D eigenvalue weighted by atomic mass is 19.1. The van der Waals surface area contributed by atoms with Crippen LogP contribution in [0.15, 0.2) is 24.3 Å². The van der Waals surface area contributed by atoms with Crippen LogP contribution in [-0.2, 0) is 11.3 Å². The fourth-order valence-corrected chi connectivity index (χ4v) is 2.74. The molecule has 2 rings (SSSR count). The Hall–Kier alpha value is -1.42. The summed E-state index contributed by atoms with van der Waals surface area (Å²) in [6.07, 6.45) is 5.49. The number of rotatable bonds is 4. The quantitative estimate of drug-likeness (QED) is 0.908. The van der Waals surface area contributed by atoms with Gasteiger partial charge in [0.15, 0.2) is 0 Å². The summed E-state index contributed by atoms with van der Waals surface area (Å²) in [6.45, 7) is 0.318. The second-order valence-corrected chi connectivity index (χ2v) is 5.11. The molecule has 1 aromatic carbocycles. The van der Waals surface area contributed by atoms with E-state index in [1.165, 1.54) is 12.5 Å². The molecule has 1 fully saturated rings. The van der Waals surface area contributed by atoms with Crippen molar-refractivity contribution in [2.75, 3.05) is 6.54 Å². The van der Waals surface area contributed by atoms with Crippen molar-refractivity contribution < 1.29 is 9.18 Å². The van der Waals surface area contributed by atoms with Gasteiger partial charge in [-0.05, 0) is 18.9 Å². The van der Waals surface area contributed by atoms with Gasteiger partial charge in [-0.1, -0.05) is 37.5 Å². The summed E-state index contributed by atoms with van der Waals surface area (Å²) in [5, 5.41) is 0. The van der Waals surface area contributed by atoms with Crippen LogP contribution in [0.25, 0.3) is 0 Å². The first-order valence-corrected chi connectivity index (χ1v) is 6.95. The van der Waals surface area contributed by atoms with Crippen LogP contribution in [-0.4, -0.2) is 23.4 Å². The maximum absolute atomic E-state index is 13.7. The van der Waals surface area contributed by atoms with Gasteiger partial charge in [0.1, 0.15) is 5.82 Å². The lowest BCUT2D eigenvalue weighted by Gasteiger charge is -2.34. The molecule has 0 heterocycles. The Morgan fingerprint density at radius 2 is 1.95 bits per heavy atom. The molecular formula is C15H21FN2O. The number of nitrogens with zero attached hydrogens (tertiary/aromatic N) is 1. The van der Waals surface area contributed by atoms with Crippen LogP contribution < -0.4 is 5.73 Å². The fraction of sp³-hybridized carbons (Fsp3) is 0.533. The Balaban J connectivity index is 2.13. The molecule has 0 aromatic heterocycles. The molecule has 0 spiro atoms. The number of nitrogens with two attached hydrogens (primary N) is 1. The third-order valence-electron chi connectivity index (χ3n) is 3.81. The summed E-state index contributed by atoms with van der Waals surface area (Å²) >= 11 is 0. The van der Waals surface area contributed by atoms with Crippen LogP contribution in [0.2, 0.25) is 0 Å². The number of benzene rings is 1. The van der Waals surface area contributed by atoms with Crippen molar-refractivity contribution in [1.29, 1.82) is 0 Å². The van der Waals surface area contributed by atoms with E-state index in [0.29, 0.717) is 12.1 Å². The van der Waals surface area contributed by atoms with Gasteiger partial charge in [-0.3, -0.25) is 4.79 Å². The maximum Gasteiger partial charge on any atom is 0.236 e. The molecule has 0 saturated heterocycles. The van der Waals surface area contributed by atoms with E-state index in [-0.39, 0.29) is 24.3 Å². The van der Waals surface area contributed by atoms with Crippen LogP contribution >= 0.6 is 0 Å². The molecule has 1 aromatic rings. The molecule has 0 atom stereocenters. The minimum Gasteiger partial charge on any atom is -0.334 e. The minimum atomic E-state index is -0.256. The second kappa shape index (κ2) is 6.66. The highest BCUT2D eigenvalue weighted by molar-refractivity contribution is 5.78. The summed E-state index contributed by atoms with van der Waals surface area (Å²) in [7, 11) is 0. The standard InChI is InChI=1S/C15H21FN2O/c16-14-9-5-4-6-12(14)11-18(15(19)10-17)13-7-2-1-3-8-13/h4-6,9,13H,1-3,7-8,10-11,17H2. The van der Waals surface area contributed by atoms with E-state index in [4.69, 9.17) is 5.73 Å². The summed E-state index contributed by atoms with van der Waals surface area (Å²) in [5.74, 6) is -0.344. The van der Waals surface area contributed by atoms with Crippen molar-refractivity contribution in [3.8, 4) is 0 Å². The zero-order valence-corrected chi connectivity index (χ0v) is 11.1. The molecule has 2 N–H and O–H groups in total. The van der Waals surface area contributed by atoms with Crippen LogP contribution in [0.3, 0.4) is 0 Å². The lowest BCUT2D eigenvalue weighted by atomic mass is 9.93. The fourth-order valence-electron chi connectivity index (χ4n) is 2.74. The number of hydrogen-bond acceptors (Lipinski definition) is 2. The number of carbonyl (C=O) groups excluding carboxylic acids is 1. The van der Waals surface area contributed by atoms with Crippen LogP contribution in [0, 0.1) is 5.82 Å². The van der Waals surface area contributed by atoms with Crippen molar-refractivity contribution in [3.05, 3.63) is 35.6 Å². The molecule has 1 saturated carbocycles. The number of halogens is 1. The second-order valence-electron chi connectivity index (χ2n) is 5.11. The van der Waals surface area contributed by atoms with Crippen molar-refractivity contribution in [3.63, 3.8) is 0 Å². The van der Waals surface area contributed by atoms with Crippen molar-refractivity contribution in [2.24, 2.45) is 5.73 Å². The lowest BCUT2D eigenvalue weighted by molar-refractivity contribution is -0.133. The van der Waals surface area contributed by atoms with E-state index in [0.717, 1.165) is 25.7 Å². The summed E-state index contributed by atoms with van der Waals surface area (Å²) in [4.78, 5) is 13.8. The first kappa shape index (κ1) is 14.0. The van der Waals surface area contributed by atoms with Gasteiger partial charge in [-0.15, -0.1) is 0 Å². The molecule has 1 amide bonds. The molecule has 1 aliphatic carbocycles. The number of carbonyl (C=O) groups is 1. The van der Waals surface area contributed by atoms with E-state index in [2.05, 4.69) is 0 Å². The van der Waals surface area contributed by atoms with Crippen LogP contribution in [0.5, 0.6) is 0 Å². The van der Waals surface area contributed by atoms with Gasteiger partial charge in [-0.25, -0.2) is 4.39 Å². The smallest absolute Gasteiger partial charge is 0.236 e. The van der Waals surface area contributed by atoms with Crippen molar-refractivity contribution >= 4 is 5.91 Å². The predicted octanol–water partition coefficient (Wildman–Crippen LogP) is 2.45. The first-order chi connectivity index (χ1) is 9.22. The van der Waals surface area contributed by atoms with Gasteiger partial charge in [0.25, 0.3) is 0 Å². The Kier molecular flexibility index (Phi) is 4.91. The molecule has 0 unspecified atom stereocenters. The van der Waals surface area contributed by atoms with Crippen LogP contribution in [0.1, 0.15) is 37.7 Å². The van der Waals surface area contributed by atoms with Gasteiger partial charge in [0, 0.05) is 18.2 Å². The zero-order valence-electron chi connectivity index (χ0n) is 11.1. The minimum absolute atomic E-state index is 0.00898. The zero-order chi connectivity index (χ0) is 13.7. The third kappa shape index (κ3) is 3.53. The van der Waals surface area contributed by atoms with E-state index in [9.17, 15) is 9.18 Å². The Bertz CT molecular complexity index is 430. The van der Waals surface area contributed by atoms with E-state index >= 15 is 0 Å². The SMILES string of the molecule is NCC(=O)N(Cc1ccccc1F)C1CCCCC1.